The second kappa shape index (κ2) is 7.03. The summed E-state index contributed by atoms with van der Waals surface area (Å²) in [7, 11) is -3.82. The standard InChI is InChI=1S/C15H10ClF3N2O3S2/c16-10-3-1-9(2-4-10)8-20-26(22,23)14-6-5-12(25-14)11-7-13(24-21-11)15(17,18)19/h1-7,20H,8H2. The van der Waals surface area contributed by atoms with E-state index in [9.17, 15) is 21.6 Å². The van der Waals surface area contributed by atoms with Gasteiger partial charge in [-0.15, -0.1) is 11.3 Å². The van der Waals surface area contributed by atoms with Gasteiger partial charge in [0, 0.05) is 17.6 Å². The molecular formula is C15H10ClF3N2O3S2. The van der Waals surface area contributed by atoms with Gasteiger partial charge in [0.15, 0.2) is 0 Å². The molecule has 0 atom stereocenters. The fraction of sp³-hybridized carbons (Fsp3) is 0.133. The number of benzene rings is 1. The number of halogens is 4. The van der Waals surface area contributed by atoms with Gasteiger partial charge in [0.05, 0.1) is 4.88 Å². The SMILES string of the molecule is O=S(=O)(NCc1ccc(Cl)cc1)c1ccc(-c2cc(C(F)(F)F)on2)s1. The lowest BCUT2D eigenvalue weighted by Crippen LogP contribution is -2.22. The summed E-state index contributed by atoms with van der Waals surface area (Å²) in [6.45, 7) is 0.0505. The van der Waals surface area contributed by atoms with E-state index in [-0.39, 0.29) is 21.3 Å². The van der Waals surface area contributed by atoms with Crippen molar-refractivity contribution in [3.63, 3.8) is 0 Å². The van der Waals surface area contributed by atoms with E-state index in [0.717, 1.165) is 17.4 Å². The average Bonchev–Trinajstić information content (AvgIpc) is 3.23. The summed E-state index contributed by atoms with van der Waals surface area (Å²) in [5, 5.41) is 3.87. The molecule has 0 unspecified atom stereocenters. The molecule has 0 saturated heterocycles. The Labute approximate surface area is 155 Å². The molecule has 0 amide bonds. The zero-order valence-electron chi connectivity index (χ0n) is 12.7. The van der Waals surface area contributed by atoms with Crippen LogP contribution >= 0.6 is 22.9 Å². The largest absolute Gasteiger partial charge is 0.452 e. The highest BCUT2D eigenvalue weighted by Gasteiger charge is 2.36. The summed E-state index contributed by atoms with van der Waals surface area (Å²) in [6.07, 6.45) is -4.66. The Kier molecular flexibility index (Phi) is 5.11. The molecule has 0 fully saturated rings. The van der Waals surface area contributed by atoms with Crippen LogP contribution < -0.4 is 4.72 Å². The van der Waals surface area contributed by atoms with Crippen molar-refractivity contribution in [2.24, 2.45) is 0 Å². The van der Waals surface area contributed by atoms with Gasteiger partial charge in [-0.05, 0) is 29.8 Å². The Balaban J connectivity index is 1.75. The van der Waals surface area contributed by atoms with Crippen LogP contribution in [-0.2, 0) is 22.7 Å². The summed E-state index contributed by atoms with van der Waals surface area (Å²) < 4.78 is 68.9. The molecule has 0 aliphatic rings. The van der Waals surface area contributed by atoms with Gasteiger partial charge in [0.25, 0.3) is 0 Å². The van der Waals surface area contributed by atoms with Crippen molar-refractivity contribution < 1.29 is 26.1 Å². The Morgan fingerprint density at radius 3 is 2.46 bits per heavy atom. The smallest absolute Gasteiger partial charge is 0.351 e. The van der Waals surface area contributed by atoms with Crippen LogP contribution in [0.2, 0.25) is 5.02 Å². The van der Waals surface area contributed by atoms with E-state index in [1.54, 1.807) is 24.3 Å². The molecule has 1 aromatic carbocycles. The summed E-state index contributed by atoms with van der Waals surface area (Å²) in [5.74, 6) is -1.24. The maximum atomic E-state index is 12.6. The van der Waals surface area contributed by atoms with Crippen LogP contribution in [0.5, 0.6) is 0 Å². The van der Waals surface area contributed by atoms with Gasteiger partial charge in [0.2, 0.25) is 15.8 Å². The highest BCUT2D eigenvalue weighted by Crippen LogP contribution is 2.35. The normalized spacial score (nSPS) is 12.5. The first-order chi connectivity index (χ1) is 12.1. The van der Waals surface area contributed by atoms with Gasteiger partial charge in [-0.1, -0.05) is 28.9 Å². The van der Waals surface area contributed by atoms with Crippen LogP contribution in [0.15, 0.2) is 51.2 Å². The Morgan fingerprint density at radius 1 is 1.15 bits per heavy atom. The van der Waals surface area contributed by atoms with Crippen molar-refractivity contribution >= 4 is 33.0 Å². The lowest BCUT2D eigenvalue weighted by molar-refractivity contribution is -0.155. The van der Waals surface area contributed by atoms with E-state index >= 15 is 0 Å². The third kappa shape index (κ3) is 4.26. The van der Waals surface area contributed by atoms with Crippen LogP contribution in [0.4, 0.5) is 13.2 Å². The van der Waals surface area contributed by atoms with Gasteiger partial charge >= 0.3 is 6.18 Å². The van der Waals surface area contributed by atoms with Gasteiger partial charge in [0.1, 0.15) is 9.90 Å². The minimum absolute atomic E-state index is 0.0435. The first kappa shape index (κ1) is 18.9. The molecular weight excluding hydrogens is 413 g/mol. The zero-order chi connectivity index (χ0) is 18.9. The summed E-state index contributed by atoms with van der Waals surface area (Å²) in [6, 6.07) is 10.0. The van der Waals surface area contributed by atoms with E-state index in [1.807, 2.05) is 0 Å². The van der Waals surface area contributed by atoms with E-state index in [1.165, 1.54) is 12.1 Å². The van der Waals surface area contributed by atoms with E-state index in [0.29, 0.717) is 10.6 Å². The lowest BCUT2D eigenvalue weighted by atomic mass is 10.2. The van der Waals surface area contributed by atoms with Crippen molar-refractivity contribution in [2.45, 2.75) is 16.9 Å². The minimum atomic E-state index is -4.66. The predicted molar refractivity (Wildman–Crippen MR) is 90.3 cm³/mol. The summed E-state index contributed by atoms with van der Waals surface area (Å²) in [5.41, 5.74) is 0.627. The van der Waals surface area contributed by atoms with Crippen LogP contribution in [0, 0.1) is 0 Å². The molecule has 0 radical (unpaired) electrons. The summed E-state index contributed by atoms with van der Waals surface area (Å²) >= 11 is 6.56. The Morgan fingerprint density at radius 2 is 1.85 bits per heavy atom. The fourth-order valence-electron chi connectivity index (χ4n) is 1.98. The monoisotopic (exact) mass is 422 g/mol. The van der Waals surface area contributed by atoms with Gasteiger partial charge < -0.3 is 4.52 Å². The third-order valence-corrected chi connectivity index (χ3v) is 6.52. The van der Waals surface area contributed by atoms with Gasteiger partial charge in [-0.3, -0.25) is 0 Å². The van der Waals surface area contributed by atoms with Gasteiger partial charge in [-0.25, -0.2) is 13.1 Å². The van der Waals surface area contributed by atoms with Gasteiger partial charge in [-0.2, -0.15) is 13.2 Å². The first-order valence-corrected chi connectivity index (χ1v) is 9.71. The number of sulfonamides is 1. The lowest BCUT2D eigenvalue weighted by Gasteiger charge is -2.05. The quantitative estimate of drug-likeness (QED) is 0.654. The number of thiophene rings is 1. The van der Waals surface area contributed by atoms with Crippen molar-refractivity contribution in [1.82, 2.24) is 9.88 Å². The number of nitrogens with one attached hydrogen (secondary N) is 1. The number of hydrogen-bond donors (Lipinski definition) is 1. The molecule has 3 aromatic rings. The molecule has 0 aliphatic heterocycles. The Bertz CT molecular complexity index is 1010. The number of alkyl halides is 3. The molecule has 2 heterocycles. The molecule has 5 nitrogen and oxygen atoms in total. The molecule has 26 heavy (non-hydrogen) atoms. The maximum Gasteiger partial charge on any atom is 0.452 e. The fourth-order valence-corrected chi connectivity index (χ4v) is 4.43. The number of hydrogen-bond acceptors (Lipinski definition) is 5. The molecule has 0 bridgehead atoms. The molecule has 138 valence electrons. The van der Waals surface area contributed by atoms with Crippen LogP contribution in [-0.4, -0.2) is 13.6 Å². The second-order valence-electron chi connectivity index (χ2n) is 5.14. The molecule has 0 aliphatic carbocycles. The topological polar surface area (TPSA) is 72.2 Å². The minimum Gasteiger partial charge on any atom is -0.351 e. The van der Waals surface area contributed by atoms with Crippen molar-refractivity contribution in [1.29, 1.82) is 0 Å². The van der Waals surface area contributed by atoms with E-state index in [4.69, 9.17) is 11.6 Å². The van der Waals surface area contributed by atoms with E-state index < -0.39 is 22.0 Å². The number of nitrogens with zero attached hydrogens (tertiary/aromatic N) is 1. The second-order valence-corrected chi connectivity index (χ2v) is 8.66. The first-order valence-electron chi connectivity index (χ1n) is 7.03. The van der Waals surface area contributed by atoms with E-state index in [2.05, 4.69) is 14.4 Å². The highest BCUT2D eigenvalue weighted by atomic mass is 35.5. The number of rotatable bonds is 5. The highest BCUT2D eigenvalue weighted by molar-refractivity contribution is 7.91. The van der Waals surface area contributed by atoms with Crippen LogP contribution in [0.1, 0.15) is 11.3 Å². The number of aromatic nitrogens is 1. The Hall–Kier alpha value is -1.88. The zero-order valence-corrected chi connectivity index (χ0v) is 15.1. The molecule has 3 rings (SSSR count). The maximum absolute atomic E-state index is 12.6. The molecule has 11 heteroatoms. The van der Waals surface area contributed by atoms with Crippen LogP contribution in [0.3, 0.4) is 0 Å². The third-order valence-electron chi connectivity index (χ3n) is 3.27. The van der Waals surface area contributed by atoms with Crippen molar-refractivity contribution in [3.8, 4) is 10.6 Å². The van der Waals surface area contributed by atoms with Crippen LogP contribution in [0.25, 0.3) is 10.6 Å². The van der Waals surface area contributed by atoms with Crippen molar-refractivity contribution in [2.75, 3.05) is 0 Å². The molecule has 0 spiro atoms. The average molecular weight is 423 g/mol. The molecule has 0 saturated carbocycles. The predicted octanol–water partition coefficient (Wildman–Crippen LogP) is 4.55. The van der Waals surface area contributed by atoms with Crippen molar-refractivity contribution in [3.05, 3.63) is 58.8 Å². The molecule has 1 N–H and O–H groups in total. The molecule has 2 aromatic heterocycles. The summed E-state index contributed by atoms with van der Waals surface area (Å²) in [4.78, 5) is 0.246.